The lowest BCUT2D eigenvalue weighted by Gasteiger charge is -2.56. The molecule has 2 unspecified atom stereocenters. The normalized spacial score (nSPS) is 43.5. The molecular formula is C11H14F2O4S. The number of alkyl halides is 2. The Kier molecular flexibility index (Phi) is 2.29. The van der Waals surface area contributed by atoms with Crippen LogP contribution >= 0.6 is 0 Å². The Bertz CT molecular complexity index is 495. The number of carbonyl (C=O) groups is 1. The van der Waals surface area contributed by atoms with E-state index in [0.29, 0.717) is 12.8 Å². The summed E-state index contributed by atoms with van der Waals surface area (Å²) in [5, 5.41) is -4.14. The predicted octanol–water partition coefficient (Wildman–Crippen LogP) is 1.86. The smallest absolute Gasteiger partial charge is 0.299 e. The van der Waals surface area contributed by atoms with Gasteiger partial charge in [0.05, 0.1) is 5.41 Å². The maximum absolute atomic E-state index is 14.1. The van der Waals surface area contributed by atoms with E-state index in [-0.39, 0.29) is 31.0 Å². The maximum atomic E-state index is 14.1. The van der Waals surface area contributed by atoms with Crippen molar-refractivity contribution < 1.29 is 26.5 Å². The highest BCUT2D eigenvalue weighted by atomic mass is 32.2. The molecule has 4 nitrogen and oxygen atoms in total. The molecule has 4 rings (SSSR count). The van der Waals surface area contributed by atoms with E-state index in [1.54, 1.807) is 0 Å². The zero-order chi connectivity index (χ0) is 13.3. The van der Waals surface area contributed by atoms with Crippen molar-refractivity contribution in [2.45, 2.75) is 37.4 Å². The van der Waals surface area contributed by atoms with Crippen molar-refractivity contribution in [1.82, 2.24) is 0 Å². The van der Waals surface area contributed by atoms with Crippen LogP contribution in [0, 0.1) is 23.2 Å². The second-order valence-corrected chi connectivity index (χ2v) is 7.48. The lowest BCUT2D eigenvalue weighted by molar-refractivity contribution is -0.174. The molecule has 7 heteroatoms. The fraction of sp³-hybridized carbons (Fsp3) is 0.909. The lowest BCUT2D eigenvalue weighted by atomic mass is 9.49. The van der Waals surface area contributed by atoms with Crippen molar-refractivity contribution in [2.75, 3.05) is 0 Å². The summed E-state index contributed by atoms with van der Waals surface area (Å²) in [6, 6.07) is 0. The highest BCUT2D eigenvalue weighted by Gasteiger charge is 2.69. The van der Waals surface area contributed by atoms with Gasteiger partial charge in [0.2, 0.25) is 0 Å². The van der Waals surface area contributed by atoms with Gasteiger partial charge in [0.1, 0.15) is 5.78 Å². The second kappa shape index (κ2) is 3.30. The topological polar surface area (TPSA) is 71.4 Å². The zero-order valence-electron chi connectivity index (χ0n) is 9.60. The van der Waals surface area contributed by atoms with Crippen LogP contribution in [0.25, 0.3) is 0 Å². The second-order valence-electron chi connectivity index (χ2n) is 6.02. The molecular weight excluding hydrogens is 266 g/mol. The Morgan fingerprint density at radius 2 is 1.67 bits per heavy atom. The van der Waals surface area contributed by atoms with Crippen LogP contribution in [-0.4, -0.2) is 24.0 Å². The van der Waals surface area contributed by atoms with Gasteiger partial charge < -0.3 is 0 Å². The highest BCUT2D eigenvalue weighted by molar-refractivity contribution is 7.86. The number of Topliss-reactive ketones (excluding diaryl/α,β-unsaturated/α-hetero) is 1. The van der Waals surface area contributed by atoms with E-state index < -0.39 is 32.6 Å². The zero-order valence-corrected chi connectivity index (χ0v) is 10.4. The van der Waals surface area contributed by atoms with Crippen LogP contribution in [0.15, 0.2) is 0 Å². The molecule has 4 saturated carbocycles. The quantitative estimate of drug-likeness (QED) is 0.784. The summed E-state index contributed by atoms with van der Waals surface area (Å²) in [4.78, 5) is 11.8. The van der Waals surface area contributed by atoms with Crippen LogP contribution in [0.3, 0.4) is 0 Å². The average molecular weight is 280 g/mol. The van der Waals surface area contributed by atoms with Gasteiger partial charge in [-0.05, 0) is 38.0 Å². The summed E-state index contributed by atoms with van der Waals surface area (Å²) in [5.74, 6) is -0.881. The molecule has 0 amide bonds. The number of hydrogen-bond donors (Lipinski definition) is 1. The SMILES string of the molecule is O=C1C2CC3CC1CC(C(F)(F)S(=O)(=O)O)(C3)C2. The first-order valence-corrected chi connectivity index (χ1v) is 7.49. The summed E-state index contributed by atoms with van der Waals surface area (Å²) >= 11 is 0. The van der Waals surface area contributed by atoms with E-state index in [2.05, 4.69) is 0 Å². The third kappa shape index (κ3) is 1.37. The third-order valence-electron chi connectivity index (χ3n) is 4.94. The summed E-state index contributed by atoms with van der Waals surface area (Å²) in [6.45, 7) is 0. The number of hydrogen-bond acceptors (Lipinski definition) is 3. The lowest BCUT2D eigenvalue weighted by Crippen LogP contribution is -2.60. The van der Waals surface area contributed by atoms with E-state index in [0.717, 1.165) is 0 Å². The molecule has 0 aromatic heterocycles. The first-order valence-electron chi connectivity index (χ1n) is 6.05. The van der Waals surface area contributed by atoms with E-state index >= 15 is 0 Å². The van der Waals surface area contributed by atoms with Crippen LogP contribution in [0.5, 0.6) is 0 Å². The van der Waals surface area contributed by atoms with Crippen molar-refractivity contribution >= 4 is 15.9 Å². The summed E-state index contributed by atoms with van der Waals surface area (Å²) < 4.78 is 58.9. The molecule has 4 bridgehead atoms. The molecule has 0 aliphatic heterocycles. The van der Waals surface area contributed by atoms with Crippen LogP contribution < -0.4 is 0 Å². The molecule has 0 saturated heterocycles. The van der Waals surface area contributed by atoms with Gasteiger partial charge in [-0.25, -0.2) is 0 Å². The highest BCUT2D eigenvalue weighted by Crippen LogP contribution is 2.64. The Hall–Kier alpha value is -0.560. The van der Waals surface area contributed by atoms with Crippen LogP contribution in [-0.2, 0) is 14.9 Å². The third-order valence-corrected chi connectivity index (χ3v) is 6.02. The first-order chi connectivity index (χ1) is 8.16. The van der Waals surface area contributed by atoms with Gasteiger partial charge in [0.25, 0.3) is 0 Å². The Labute approximate surface area is 103 Å². The van der Waals surface area contributed by atoms with Gasteiger partial charge in [-0.2, -0.15) is 17.2 Å². The molecule has 0 spiro atoms. The van der Waals surface area contributed by atoms with Crippen molar-refractivity contribution in [3.8, 4) is 0 Å². The number of ketones is 1. The first kappa shape index (κ1) is 12.5. The van der Waals surface area contributed by atoms with Gasteiger partial charge in [0, 0.05) is 11.8 Å². The minimum Gasteiger partial charge on any atom is -0.299 e. The Morgan fingerprint density at radius 3 is 2.11 bits per heavy atom. The average Bonchev–Trinajstić information content (AvgIpc) is 2.22. The van der Waals surface area contributed by atoms with Gasteiger partial charge >= 0.3 is 15.4 Å². The number of carbonyl (C=O) groups excluding carboxylic acids is 1. The molecule has 0 aromatic carbocycles. The van der Waals surface area contributed by atoms with Crippen molar-refractivity contribution in [1.29, 1.82) is 0 Å². The largest absolute Gasteiger partial charge is 0.375 e. The predicted molar refractivity (Wildman–Crippen MR) is 57.5 cm³/mol. The standard InChI is InChI=1S/C11H14F2O4S/c12-11(13,18(15,16)17)10-3-6-1-7(4-10)9(14)8(2-6)5-10/h6-8H,1-5H2,(H,15,16,17). The molecule has 18 heavy (non-hydrogen) atoms. The number of halogens is 2. The molecule has 2 atom stereocenters. The minimum atomic E-state index is -5.43. The Morgan fingerprint density at radius 1 is 1.17 bits per heavy atom. The Balaban J connectivity index is 2.05. The fourth-order valence-corrected chi connectivity index (χ4v) is 5.17. The molecule has 4 aliphatic carbocycles. The fourth-order valence-electron chi connectivity index (χ4n) is 4.38. The van der Waals surface area contributed by atoms with E-state index in [9.17, 15) is 22.0 Å². The van der Waals surface area contributed by atoms with Crippen molar-refractivity contribution in [3.05, 3.63) is 0 Å². The molecule has 0 aromatic rings. The van der Waals surface area contributed by atoms with E-state index in [4.69, 9.17) is 4.55 Å². The van der Waals surface area contributed by atoms with Crippen molar-refractivity contribution in [2.24, 2.45) is 23.2 Å². The molecule has 0 radical (unpaired) electrons. The molecule has 102 valence electrons. The molecule has 4 aliphatic rings. The van der Waals surface area contributed by atoms with Crippen LogP contribution in [0.2, 0.25) is 0 Å². The molecule has 0 heterocycles. The maximum Gasteiger partial charge on any atom is 0.375 e. The summed E-state index contributed by atoms with van der Waals surface area (Å²) in [6.07, 6.45) is 1.08. The van der Waals surface area contributed by atoms with Crippen LogP contribution in [0.4, 0.5) is 8.78 Å². The van der Waals surface area contributed by atoms with Gasteiger partial charge in [-0.15, -0.1) is 0 Å². The van der Waals surface area contributed by atoms with Gasteiger partial charge in [-0.1, -0.05) is 0 Å². The van der Waals surface area contributed by atoms with Gasteiger partial charge in [-0.3, -0.25) is 9.35 Å². The minimum absolute atomic E-state index is 0.00664. The summed E-state index contributed by atoms with van der Waals surface area (Å²) in [5.41, 5.74) is -1.73. The van der Waals surface area contributed by atoms with Crippen molar-refractivity contribution in [3.63, 3.8) is 0 Å². The van der Waals surface area contributed by atoms with E-state index in [1.165, 1.54) is 0 Å². The monoisotopic (exact) mass is 280 g/mol. The molecule has 4 fully saturated rings. The summed E-state index contributed by atoms with van der Waals surface area (Å²) in [7, 11) is -5.43. The number of rotatable bonds is 2. The van der Waals surface area contributed by atoms with Gasteiger partial charge in [0.15, 0.2) is 0 Å². The van der Waals surface area contributed by atoms with E-state index in [1.807, 2.05) is 0 Å². The molecule has 1 N–H and O–H groups in total. The van der Waals surface area contributed by atoms with Crippen LogP contribution in [0.1, 0.15) is 32.1 Å².